The van der Waals surface area contributed by atoms with Gasteiger partial charge in [0, 0.05) is 5.56 Å². The molecule has 1 aliphatic rings. The third kappa shape index (κ3) is 5.06. The van der Waals surface area contributed by atoms with Gasteiger partial charge in [0.15, 0.2) is 6.61 Å². The minimum Gasteiger partial charge on any atom is -0.481 e. The second-order valence-electron chi connectivity index (χ2n) is 6.51. The minimum absolute atomic E-state index is 0.261. The Balaban J connectivity index is 1.81. The monoisotopic (exact) mass is 411 g/mol. The van der Waals surface area contributed by atoms with Crippen LogP contribution >= 0.6 is 11.8 Å². The summed E-state index contributed by atoms with van der Waals surface area (Å²) in [5.74, 6) is -1.17. The normalized spacial score (nSPS) is 15.2. The highest BCUT2D eigenvalue weighted by Crippen LogP contribution is 2.37. The fourth-order valence-corrected chi connectivity index (χ4v) is 3.73. The Bertz CT molecular complexity index is 952. The van der Waals surface area contributed by atoms with Gasteiger partial charge in [0.2, 0.25) is 0 Å². The number of anilines is 1. The van der Waals surface area contributed by atoms with E-state index in [9.17, 15) is 14.4 Å². The van der Waals surface area contributed by atoms with Crippen LogP contribution < -0.4 is 9.64 Å². The summed E-state index contributed by atoms with van der Waals surface area (Å²) in [5.41, 5.74) is 2.24. The van der Waals surface area contributed by atoms with Gasteiger partial charge in [-0.05, 0) is 54.4 Å². The van der Waals surface area contributed by atoms with Crippen molar-refractivity contribution in [1.29, 1.82) is 0 Å². The highest BCUT2D eigenvalue weighted by atomic mass is 32.2. The molecule has 0 radical (unpaired) electrons. The molecule has 0 saturated carbocycles. The predicted octanol–water partition coefficient (Wildman–Crippen LogP) is 4.73. The lowest BCUT2D eigenvalue weighted by molar-refractivity contribution is -0.139. The maximum absolute atomic E-state index is 12.8. The Morgan fingerprint density at radius 1 is 1.14 bits per heavy atom. The van der Waals surface area contributed by atoms with E-state index in [-0.39, 0.29) is 10.1 Å². The van der Waals surface area contributed by atoms with Gasteiger partial charge in [-0.1, -0.05) is 43.7 Å². The lowest BCUT2D eigenvalue weighted by Crippen LogP contribution is -2.27. The first-order valence-corrected chi connectivity index (χ1v) is 10.1. The van der Waals surface area contributed by atoms with E-state index in [0.29, 0.717) is 17.0 Å². The first-order valence-electron chi connectivity index (χ1n) is 9.30. The van der Waals surface area contributed by atoms with Crippen LogP contribution in [0.5, 0.6) is 5.75 Å². The molecule has 29 heavy (non-hydrogen) atoms. The van der Waals surface area contributed by atoms with Crippen LogP contribution in [0.2, 0.25) is 0 Å². The number of nitrogens with zero attached hydrogens (tertiary/aromatic N) is 1. The van der Waals surface area contributed by atoms with Crippen molar-refractivity contribution in [3.8, 4) is 5.75 Å². The number of carboxylic acid groups (broad SMARTS) is 1. The van der Waals surface area contributed by atoms with Crippen LogP contribution in [0.15, 0.2) is 53.4 Å². The fourth-order valence-electron chi connectivity index (χ4n) is 2.89. The number of unbranched alkanes of at least 4 members (excludes halogenated alkanes) is 1. The molecule has 1 fully saturated rings. The van der Waals surface area contributed by atoms with Crippen molar-refractivity contribution >= 4 is 40.6 Å². The van der Waals surface area contributed by atoms with Crippen LogP contribution in [0.1, 0.15) is 30.9 Å². The SMILES string of the molecule is CCCCc1ccc(N2C(=O)S/C(=C/c3ccccc3OCC(=O)O)C2=O)cc1. The molecule has 0 aliphatic carbocycles. The average Bonchev–Trinajstić information content (AvgIpc) is 2.99. The molecule has 3 rings (SSSR count). The lowest BCUT2D eigenvalue weighted by atomic mass is 10.1. The summed E-state index contributed by atoms with van der Waals surface area (Å²) in [5, 5.41) is 8.44. The van der Waals surface area contributed by atoms with E-state index in [2.05, 4.69) is 6.92 Å². The number of hydrogen-bond donors (Lipinski definition) is 1. The van der Waals surface area contributed by atoms with E-state index in [1.54, 1.807) is 42.5 Å². The van der Waals surface area contributed by atoms with E-state index in [0.717, 1.165) is 35.9 Å². The molecule has 0 bridgehead atoms. The molecule has 0 aromatic heterocycles. The number of para-hydroxylation sites is 1. The van der Waals surface area contributed by atoms with Crippen LogP contribution in [0.4, 0.5) is 10.5 Å². The predicted molar refractivity (Wildman–Crippen MR) is 113 cm³/mol. The molecule has 2 aromatic carbocycles. The molecule has 0 atom stereocenters. The zero-order valence-electron chi connectivity index (χ0n) is 16.0. The van der Waals surface area contributed by atoms with E-state index in [1.807, 2.05) is 12.1 Å². The quantitative estimate of drug-likeness (QED) is 0.632. The summed E-state index contributed by atoms with van der Waals surface area (Å²) in [6.07, 6.45) is 4.71. The van der Waals surface area contributed by atoms with Crippen molar-refractivity contribution in [2.45, 2.75) is 26.2 Å². The van der Waals surface area contributed by atoms with Crippen LogP contribution in [-0.2, 0) is 16.0 Å². The molecule has 7 heteroatoms. The van der Waals surface area contributed by atoms with Crippen molar-refractivity contribution < 1.29 is 24.2 Å². The molecular weight excluding hydrogens is 390 g/mol. The molecule has 2 amide bonds. The Labute approximate surface area is 173 Å². The maximum Gasteiger partial charge on any atom is 0.341 e. The Morgan fingerprint density at radius 2 is 1.86 bits per heavy atom. The topological polar surface area (TPSA) is 83.9 Å². The number of aliphatic carboxylic acids is 1. The second-order valence-corrected chi connectivity index (χ2v) is 7.50. The van der Waals surface area contributed by atoms with Crippen molar-refractivity contribution in [2.24, 2.45) is 0 Å². The largest absolute Gasteiger partial charge is 0.481 e. The van der Waals surface area contributed by atoms with Gasteiger partial charge in [-0.2, -0.15) is 0 Å². The summed E-state index contributed by atoms with van der Waals surface area (Å²) in [6.45, 7) is 1.64. The Kier molecular flexibility index (Phi) is 6.72. The van der Waals surface area contributed by atoms with E-state index >= 15 is 0 Å². The first-order chi connectivity index (χ1) is 14.0. The zero-order chi connectivity index (χ0) is 20.8. The van der Waals surface area contributed by atoms with Gasteiger partial charge in [0.05, 0.1) is 10.6 Å². The third-order valence-corrected chi connectivity index (χ3v) is 5.23. The van der Waals surface area contributed by atoms with Gasteiger partial charge in [-0.25, -0.2) is 9.69 Å². The van der Waals surface area contributed by atoms with Crippen molar-refractivity contribution in [1.82, 2.24) is 0 Å². The Hall–Kier alpha value is -3.06. The summed E-state index contributed by atoms with van der Waals surface area (Å²) < 4.78 is 5.26. The lowest BCUT2D eigenvalue weighted by Gasteiger charge is -2.13. The van der Waals surface area contributed by atoms with E-state index in [4.69, 9.17) is 9.84 Å². The standard InChI is InChI=1S/C22H21NO5S/c1-2-3-6-15-9-11-17(12-10-15)23-21(26)19(29-22(23)27)13-16-7-4-5-8-18(16)28-14-20(24)25/h4-5,7-13H,2-3,6,14H2,1H3,(H,24,25)/b19-13+. The Morgan fingerprint density at radius 3 is 2.55 bits per heavy atom. The van der Waals surface area contributed by atoms with Gasteiger partial charge in [-0.15, -0.1) is 0 Å². The van der Waals surface area contributed by atoms with Crippen LogP contribution in [0.3, 0.4) is 0 Å². The average molecular weight is 411 g/mol. The van der Waals surface area contributed by atoms with Gasteiger partial charge < -0.3 is 9.84 Å². The molecule has 0 unspecified atom stereocenters. The minimum atomic E-state index is -1.09. The van der Waals surface area contributed by atoms with Crippen molar-refractivity contribution in [3.63, 3.8) is 0 Å². The molecule has 1 saturated heterocycles. The van der Waals surface area contributed by atoms with Gasteiger partial charge in [-0.3, -0.25) is 9.59 Å². The van der Waals surface area contributed by atoms with Crippen LogP contribution in [0, 0.1) is 0 Å². The third-order valence-electron chi connectivity index (χ3n) is 4.36. The number of benzene rings is 2. The highest BCUT2D eigenvalue weighted by Gasteiger charge is 2.36. The molecule has 6 nitrogen and oxygen atoms in total. The van der Waals surface area contributed by atoms with Crippen molar-refractivity contribution in [3.05, 3.63) is 64.6 Å². The number of amides is 2. The zero-order valence-corrected chi connectivity index (χ0v) is 16.8. The molecular formula is C22H21NO5S. The summed E-state index contributed by atoms with van der Waals surface area (Å²) >= 11 is 0.849. The highest BCUT2D eigenvalue weighted by molar-refractivity contribution is 8.19. The molecule has 150 valence electrons. The molecule has 2 aromatic rings. The van der Waals surface area contributed by atoms with E-state index < -0.39 is 18.5 Å². The molecule has 1 N–H and O–H groups in total. The number of thioether (sulfide) groups is 1. The van der Waals surface area contributed by atoms with Crippen molar-refractivity contribution in [2.75, 3.05) is 11.5 Å². The number of carboxylic acids is 1. The first kappa shape index (κ1) is 20.7. The van der Waals surface area contributed by atoms with Gasteiger partial charge >= 0.3 is 5.97 Å². The number of carbonyl (C=O) groups is 3. The number of hydrogen-bond acceptors (Lipinski definition) is 5. The number of aryl methyl sites for hydroxylation is 1. The van der Waals surface area contributed by atoms with Gasteiger partial charge in [0.1, 0.15) is 5.75 Å². The summed E-state index contributed by atoms with van der Waals surface area (Å²) in [4.78, 5) is 37.5. The van der Waals surface area contributed by atoms with Gasteiger partial charge in [0.25, 0.3) is 11.1 Å². The van der Waals surface area contributed by atoms with Crippen LogP contribution in [-0.4, -0.2) is 28.8 Å². The fraction of sp³-hybridized carbons (Fsp3) is 0.227. The summed E-state index contributed by atoms with van der Waals surface area (Å²) in [6, 6.07) is 14.2. The molecule has 0 spiro atoms. The smallest absolute Gasteiger partial charge is 0.341 e. The van der Waals surface area contributed by atoms with E-state index in [1.165, 1.54) is 5.56 Å². The number of imide groups is 1. The summed E-state index contributed by atoms with van der Waals surface area (Å²) in [7, 11) is 0. The molecule has 1 heterocycles. The number of carbonyl (C=O) groups excluding carboxylic acids is 2. The number of rotatable bonds is 8. The maximum atomic E-state index is 12.8. The number of ether oxygens (including phenoxy) is 1. The second kappa shape index (κ2) is 9.43. The molecule has 1 aliphatic heterocycles. The van der Waals surface area contributed by atoms with Crippen LogP contribution in [0.25, 0.3) is 6.08 Å².